The highest BCUT2D eigenvalue weighted by Gasteiger charge is 2.29. The van der Waals surface area contributed by atoms with Crippen LogP contribution in [0.15, 0.2) is 30.3 Å². The zero-order valence-corrected chi connectivity index (χ0v) is 19.3. The number of carbonyl (C=O) groups excluding carboxylic acids is 3. The highest BCUT2D eigenvalue weighted by Crippen LogP contribution is 2.05. The number of carbonyl (C=O) groups is 5. The molecule has 33 heavy (non-hydrogen) atoms. The quantitative estimate of drug-likeness (QED) is 0.200. The van der Waals surface area contributed by atoms with E-state index in [9.17, 15) is 24.0 Å². The molecule has 0 aliphatic heterocycles. The van der Waals surface area contributed by atoms with Crippen LogP contribution in [0.3, 0.4) is 0 Å². The molecule has 0 bridgehead atoms. The third-order valence-corrected chi connectivity index (χ3v) is 5.27. The predicted octanol–water partition coefficient (Wildman–Crippen LogP) is -0.657. The SMILES string of the molecule is CSCCC(NC(=O)C(N)Cc1ccccc1)C(=O)NC(C)C(=O)NC(CC(=O)O)C(=O)O. The van der Waals surface area contributed by atoms with E-state index in [-0.39, 0.29) is 12.8 Å². The lowest BCUT2D eigenvalue weighted by Crippen LogP contribution is -2.56. The van der Waals surface area contributed by atoms with E-state index < -0.39 is 60.2 Å². The van der Waals surface area contributed by atoms with Crippen LogP contribution in [-0.4, -0.2) is 76.0 Å². The molecule has 0 aliphatic rings. The number of benzene rings is 1. The zero-order valence-electron chi connectivity index (χ0n) is 18.4. The number of hydrogen-bond acceptors (Lipinski definition) is 7. The van der Waals surface area contributed by atoms with Gasteiger partial charge in [-0.1, -0.05) is 30.3 Å². The van der Waals surface area contributed by atoms with Crippen molar-refractivity contribution in [3.8, 4) is 0 Å². The molecule has 182 valence electrons. The lowest BCUT2D eigenvalue weighted by molar-refractivity contribution is -0.147. The van der Waals surface area contributed by atoms with Crippen LogP contribution < -0.4 is 21.7 Å². The van der Waals surface area contributed by atoms with Crippen molar-refractivity contribution in [2.24, 2.45) is 5.73 Å². The van der Waals surface area contributed by atoms with Crippen LogP contribution in [0, 0.1) is 0 Å². The lowest BCUT2D eigenvalue weighted by atomic mass is 10.1. The minimum absolute atomic E-state index is 0.280. The number of aliphatic carboxylic acids is 2. The molecule has 0 fully saturated rings. The molecular formula is C21H30N4O7S. The summed E-state index contributed by atoms with van der Waals surface area (Å²) in [4.78, 5) is 59.4. The van der Waals surface area contributed by atoms with Crippen molar-refractivity contribution in [1.29, 1.82) is 0 Å². The normalized spacial score (nSPS) is 14.3. The average Bonchev–Trinajstić information content (AvgIpc) is 2.75. The maximum absolute atomic E-state index is 12.7. The third kappa shape index (κ3) is 10.4. The predicted molar refractivity (Wildman–Crippen MR) is 122 cm³/mol. The summed E-state index contributed by atoms with van der Waals surface area (Å²) < 4.78 is 0. The maximum atomic E-state index is 12.7. The number of nitrogens with two attached hydrogens (primary N) is 1. The average molecular weight is 483 g/mol. The molecule has 1 rings (SSSR count). The number of nitrogens with one attached hydrogen (secondary N) is 3. The van der Waals surface area contributed by atoms with Crippen LogP contribution >= 0.6 is 11.8 Å². The molecular weight excluding hydrogens is 452 g/mol. The monoisotopic (exact) mass is 482 g/mol. The molecule has 4 atom stereocenters. The van der Waals surface area contributed by atoms with Gasteiger partial charge in [-0.25, -0.2) is 4.79 Å². The summed E-state index contributed by atoms with van der Waals surface area (Å²) in [5.74, 6) is -4.39. The highest BCUT2D eigenvalue weighted by molar-refractivity contribution is 7.98. The first kappa shape index (κ1) is 27.9. The summed E-state index contributed by atoms with van der Waals surface area (Å²) in [6.07, 6.45) is 1.58. The van der Waals surface area contributed by atoms with Crippen LogP contribution in [0.25, 0.3) is 0 Å². The van der Waals surface area contributed by atoms with E-state index in [1.54, 1.807) is 0 Å². The second kappa shape index (κ2) is 14.1. The first-order chi connectivity index (χ1) is 15.5. The summed E-state index contributed by atoms with van der Waals surface area (Å²) in [5, 5.41) is 24.9. The fourth-order valence-electron chi connectivity index (χ4n) is 2.79. The van der Waals surface area contributed by atoms with Crippen LogP contribution in [-0.2, 0) is 30.4 Å². The Morgan fingerprint density at radius 1 is 0.939 bits per heavy atom. The Balaban J connectivity index is 2.74. The molecule has 0 heterocycles. The van der Waals surface area contributed by atoms with Crippen molar-refractivity contribution in [3.63, 3.8) is 0 Å². The van der Waals surface area contributed by atoms with Crippen molar-refractivity contribution < 1.29 is 34.2 Å². The summed E-state index contributed by atoms with van der Waals surface area (Å²) in [6, 6.07) is 4.51. The van der Waals surface area contributed by atoms with Crippen LogP contribution in [0.4, 0.5) is 0 Å². The van der Waals surface area contributed by atoms with Crippen molar-refractivity contribution in [3.05, 3.63) is 35.9 Å². The third-order valence-electron chi connectivity index (χ3n) is 4.62. The van der Waals surface area contributed by atoms with Gasteiger partial charge in [0.2, 0.25) is 17.7 Å². The number of hydrogen-bond donors (Lipinski definition) is 6. The number of carboxylic acid groups (broad SMARTS) is 2. The van der Waals surface area contributed by atoms with Gasteiger partial charge in [-0.15, -0.1) is 0 Å². The van der Waals surface area contributed by atoms with Crippen LogP contribution in [0.1, 0.15) is 25.3 Å². The fourth-order valence-corrected chi connectivity index (χ4v) is 3.27. The molecule has 0 aliphatic carbocycles. The summed E-state index contributed by atoms with van der Waals surface area (Å²) in [5.41, 5.74) is 6.85. The molecule has 0 aromatic heterocycles. The molecule has 12 heteroatoms. The summed E-state index contributed by atoms with van der Waals surface area (Å²) >= 11 is 1.47. The van der Waals surface area contributed by atoms with Gasteiger partial charge in [-0.3, -0.25) is 19.2 Å². The van der Waals surface area contributed by atoms with Gasteiger partial charge in [0, 0.05) is 0 Å². The molecule has 0 spiro atoms. The van der Waals surface area contributed by atoms with Gasteiger partial charge in [0.15, 0.2) is 0 Å². The van der Waals surface area contributed by atoms with E-state index in [1.807, 2.05) is 36.6 Å². The van der Waals surface area contributed by atoms with E-state index in [4.69, 9.17) is 15.9 Å². The number of carboxylic acids is 2. The standard InChI is InChI=1S/C21H30N4O7S/c1-12(18(28)25-16(21(31)32)11-17(26)27)23-20(30)15(8-9-33-2)24-19(29)14(22)10-13-6-4-3-5-7-13/h3-7,12,14-16H,8-11,22H2,1-2H3,(H,23,30)(H,24,29)(H,25,28)(H,26,27)(H,31,32). The summed E-state index contributed by atoms with van der Waals surface area (Å²) in [6.45, 7) is 1.32. The Kier molecular flexibility index (Phi) is 11.9. The minimum atomic E-state index is -1.64. The molecule has 7 N–H and O–H groups in total. The van der Waals surface area contributed by atoms with Gasteiger partial charge in [-0.05, 0) is 37.3 Å². The van der Waals surface area contributed by atoms with Gasteiger partial charge in [0.1, 0.15) is 18.1 Å². The number of amides is 3. The van der Waals surface area contributed by atoms with Crippen molar-refractivity contribution in [2.45, 2.75) is 50.4 Å². The van der Waals surface area contributed by atoms with Gasteiger partial charge < -0.3 is 31.9 Å². The van der Waals surface area contributed by atoms with E-state index >= 15 is 0 Å². The Hall–Kier alpha value is -3.12. The van der Waals surface area contributed by atoms with Crippen LogP contribution in [0.2, 0.25) is 0 Å². The Morgan fingerprint density at radius 2 is 1.55 bits per heavy atom. The highest BCUT2D eigenvalue weighted by atomic mass is 32.2. The first-order valence-electron chi connectivity index (χ1n) is 10.2. The maximum Gasteiger partial charge on any atom is 0.326 e. The lowest BCUT2D eigenvalue weighted by Gasteiger charge is -2.23. The number of rotatable bonds is 14. The van der Waals surface area contributed by atoms with Gasteiger partial charge in [0.25, 0.3) is 0 Å². The molecule has 1 aromatic carbocycles. The van der Waals surface area contributed by atoms with E-state index in [1.165, 1.54) is 18.7 Å². The molecule has 0 saturated heterocycles. The Bertz CT molecular complexity index is 837. The van der Waals surface area contributed by atoms with E-state index in [2.05, 4.69) is 16.0 Å². The topological polar surface area (TPSA) is 188 Å². The Labute approximate surface area is 195 Å². The minimum Gasteiger partial charge on any atom is -0.481 e. The molecule has 1 aromatic rings. The molecule has 4 unspecified atom stereocenters. The van der Waals surface area contributed by atoms with E-state index in [0.717, 1.165) is 5.56 Å². The zero-order chi connectivity index (χ0) is 25.0. The Morgan fingerprint density at radius 3 is 2.09 bits per heavy atom. The van der Waals surface area contributed by atoms with Gasteiger partial charge >= 0.3 is 11.9 Å². The van der Waals surface area contributed by atoms with Gasteiger partial charge in [0.05, 0.1) is 12.5 Å². The largest absolute Gasteiger partial charge is 0.481 e. The van der Waals surface area contributed by atoms with Crippen molar-refractivity contribution in [2.75, 3.05) is 12.0 Å². The second-order valence-electron chi connectivity index (χ2n) is 7.37. The first-order valence-corrected chi connectivity index (χ1v) is 11.6. The molecule has 11 nitrogen and oxygen atoms in total. The van der Waals surface area contributed by atoms with Crippen molar-refractivity contribution in [1.82, 2.24) is 16.0 Å². The second-order valence-corrected chi connectivity index (χ2v) is 8.35. The fraction of sp³-hybridized carbons (Fsp3) is 0.476. The molecule has 0 saturated carbocycles. The summed E-state index contributed by atoms with van der Waals surface area (Å²) in [7, 11) is 0. The van der Waals surface area contributed by atoms with Crippen LogP contribution in [0.5, 0.6) is 0 Å². The molecule has 0 radical (unpaired) electrons. The van der Waals surface area contributed by atoms with E-state index in [0.29, 0.717) is 5.75 Å². The van der Waals surface area contributed by atoms with Crippen molar-refractivity contribution >= 4 is 41.4 Å². The smallest absolute Gasteiger partial charge is 0.326 e. The number of thioether (sulfide) groups is 1. The molecule has 3 amide bonds. The van der Waals surface area contributed by atoms with Gasteiger partial charge in [-0.2, -0.15) is 11.8 Å².